The fraction of sp³-hybridized carbons (Fsp3) is 0.400. The molecule has 0 aliphatic rings. The Bertz CT molecular complexity index is 286. The minimum Gasteiger partial charge on any atom is -0.397 e. The number of hydroxylamine groups is 1. The van der Waals surface area contributed by atoms with Crippen molar-refractivity contribution in [3.05, 3.63) is 23.8 Å². The third kappa shape index (κ3) is 2.36. The molecule has 0 aliphatic heterocycles. The SMILES string of the molecule is CCON(C)c1ccc(C)cc1N. The number of rotatable bonds is 3. The summed E-state index contributed by atoms with van der Waals surface area (Å²) >= 11 is 0. The molecule has 0 aromatic heterocycles. The highest BCUT2D eigenvalue weighted by molar-refractivity contribution is 5.66. The van der Waals surface area contributed by atoms with E-state index in [0.29, 0.717) is 6.61 Å². The average Bonchev–Trinajstić information content (AvgIpc) is 2.04. The third-order valence-corrected chi connectivity index (χ3v) is 1.85. The van der Waals surface area contributed by atoms with Gasteiger partial charge in [-0.15, -0.1) is 0 Å². The van der Waals surface area contributed by atoms with Crippen molar-refractivity contribution >= 4 is 11.4 Å². The second-order valence-electron chi connectivity index (χ2n) is 2.98. The van der Waals surface area contributed by atoms with Crippen LogP contribution in [0, 0.1) is 6.92 Å². The number of hydrogen-bond donors (Lipinski definition) is 1. The molecule has 1 aromatic rings. The molecule has 0 saturated heterocycles. The number of nitrogens with two attached hydrogens (primary N) is 1. The molecule has 1 aromatic carbocycles. The van der Waals surface area contributed by atoms with E-state index in [1.165, 1.54) is 0 Å². The van der Waals surface area contributed by atoms with E-state index in [2.05, 4.69) is 0 Å². The van der Waals surface area contributed by atoms with Crippen LogP contribution < -0.4 is 10.8 Å². The molecule has 0 heterocycles. The molecule has 13 heavy (non-hydrogen) atoms. The molecule has 0 atom stereocenters. The predicted octanol–water partition coefficient (Wildman–Crippen LogP) is 1.96. The summed E-state index contributed by atoms with van der Waals surface area (Å²) in [5, 5.41) is 1.69. The second kappa shape index (κ2) is 4.14. The van der Waals surface area contributed by atoms with Gasteiger partial charge in [0.2, 0.25) is 0 Å². The van der Waals surface area contributed by atoms with Crippen LogP contribution in [0.4, 0.5) is 11.4 Å². The molecular weight excluding hydrogens is 164 g/mol. The molecule has 0 fully saturated rings. The standard InChI is InChI=1S/C10H16N2O/c1-4-13-12(3)10-6-5-8(2)7-9(10)11/h5-7H,4,11H2,1-3H3. The Balaban J connectivity index is 2.88. The van der Waals surface area contributed by atoms with Gasteiger partial charge in [-0.1, -0.05) is 6.07 Å². The fourth-order valence-corrected chi connectivity index (χ4v) is 1.22. The number of nitrogens with zero attached hydrogens (tertiary/aromatic N) is 1. The predicted molar refractivity (Wildman–Crippen MR) is 55.6 cm³/mol. The average molecular weight is 180 g/mol. The smallest absolute Gasteiger partial charge is 0.0862 e. The van der Waals surface area contributed by atoms with Gasteiger partial charge in [0.05, 0.1) is 18.0 Å². The second-order valence-corrected chi connectivity index (χ2v) is 2.98. The first-order valence-electron chi connectivity index (χ1n) is 4.38. The van der Waals surface area contributed by atoms with Gasteiger partial charge in [-0.05, 0) is 31.5 Å². The summed E-state index contributed by atoms with van der Waals surface area (Å²) in [4.78, 5) is 5.30. The monoisotopic (exact) mass is 180 g/mol. The highest BCUT2D eigenvalue weighted by Crippen LogP contribution is 2.22. The van der Waals surface area contributed by atoms with Gasteiger partial charge in [0.25, 0.3) is 0 Å². The molecular formula is C10H16N2O. The van der Waals surface area contributed by atoms with Crippen molar-refractivity contribution in [3.8, 4) is 0 Å². The molecule has 3 nitrogen and oxygen atoms in total. The van der Waals surface area contributed by atoms with Gasteiger partial charge in [0.1, 0.15) is 0 Å². The fourth-order valence-electron chi connectivity index (χ4n) is 1.22. The first-order valence-corrected chi connectivity index (χ1v) is 4.38. The van der Waals surface area contributed by atoms with E-state index in [4.69, 9.17) is 10.6 Å². The molecule has 0 saturated carbocycles. The van der Waals surface area contributed by atoms with Crippen LogP contribution in [0.1, 0.15) is 12.5 Å². The van der Waals surface area contributed by atoms with E-state index >= 15 is 0 Å². The van der Waals surface area contributed by atoms with Crippen LogP contribution in [0.3, 0.4) is 0 Å². The van der Waals surface area contributed by atoms with E-state index in [-0.39, 0.29) is 0 Å². The lowest BCUT2D eigenvalue weighted by Gasteiger charge is -2.19. The Kier molecular flexibility index (Phi) is 3.14. The van der Waals surface area contributed by atoms with Gasteiger partial charge >= 0.3 is 0 Å². The highest BCUT2D eigenvalue weighted by atomic mass is 16.7. The quantitative estimate of drug-likeness (QED) is 0.571. The van der Waals surface area contributed by atoms with Crippen LogP contribution in [0.15, 0.2) is 18.2 Å². The van der Waals surface area contributed by atoms with E-state index in [0.717, 1.165) is 16.9 Å². The summed E-state index contributed by atoms with van der Waals surface area (Å²) in [6, 6.07) is 5.91. The maximum absolute atomic E-state index is 5.83. The van der Waals surface area contributed by atoms with Crippen LogP contribution in [0.5, 0.6) is 0 Å². The van der Waals surface area contributed by atoms with Gasteiger partial charge < -0.3 is 5.73 Å². The lowest BCUT2D eigenvalue weighted by Crippen LogP contribution is -2.18. The zero-order chi connectivity index (χ0) is 9.84. The Morgan fingerprint density at radius 3 is 2.69 bits per heavy atom. The molecule has 0 radical (unpaired) electrons. The van der Waals surface area contributed by atoms with E-state index in [1.54, 1.807) is 5.06 Å². The van der Waals surface area contributed by atoms with Crippen molar-refractivity contribution in [1.29, 1.82) is 0 Å². The molecule has 0 unspecified atom stereocenters. The largest absolute Gasteiger partial charge is 0.397 e. The number of hydrogen-bond acceptors (Lipinski definition) is 3. The Labute approximate surface area is 79.1 Å². The van der Waals surface area contributed by atoms with Gasteiger partial charge in [-0.3, -0.25) is 9.90 Å². The van der Waals surface area contributed by atoms with E-state index < -0.39 is 0 Å². The molecule has 2 N–H and O–H groups in total. The van der Waals surface area contributed by atoms with Crippen LogP contribution in [0.25, 0.3) is 0 Å². The Hall–Kier alpha value is -1.22. The topological polar surface area (TPSA) is 38.5 Å². The van der Waals surface area contributed by atoms with Gasteiger partial charge in [-0.25, -0.2) is 0 Å². The van der Waals surface area contributed by atoms with Crippen LogP contribution >= 0.6 is 0 Å². The molecule has 0 bridgehead atoms. The van der Waals surface area contributed by atoms with Crippen molar-refractivity contribution in [3.63, 3.8) is 0 Å². The highest BCUT2D eigenvalue weighted by Gasteiger charge is 2.04. The zero-order valence-electron chi connectivity index (χ0n) is 8.37. The normalized spacial score (nSPS) is 10.1. The number of nitrogen functional groups attached to an aromatic ring is 1. The van der Waals surface area contributed by atoms with Crippen molar-refractivity contribution in [1.82, 2.24) is 0 Å². The van der Waals surface area contributed by atoms with Crippen LogP contribution in [-0.2, 0) is 4.84 Å². The van der Waals surface area contributed by atoms with E-state index in [9.17, 15) is 0 Å². The number of benzene rings is 1. The zero-order valence-corrected chi connectivity index (χ0v) is 8.37. The maximum atomic E-state index is 5.83. The van der Waals surface area contributed by atoms with Gasteiger partial charge in [0.15, 0.2) is 0 Å². The molecule has 3 heteroatoms. The van der Waals surface area contributed by atoms with Gasteiger partial charge in [0, 0.05) is 7.05 Å². The lowest BCUT2D eigenvalue weighted by atomic mass is 10.2. The summed E-state index contributed by atoms with van der Waals surface area (Å²) < 4.78 is 0. The summed E-state index contributed by atoms with van der Waals surface area (Å²) in [6.07, 6.45) is 0. The molecule has 0 spiro atoms. The first kappa shape index (κ1) is 9.86. The Morgan fingerprint density at radius 1 is 1.46 bits per heavy atom. The number of aryl methyl sites for hydroxylation is 1. The minimum absolute atomic E-state index is 0.643. The minimum atomic E-state index is 0.643. The lowest BCUT2D eigenvalue weighted by molar-refractivity contribution is 0.135. The van der Waals surface area contributed by atoms with E-state index in [1.807, 2.05) is 39.1 Å². The first-order chi connectivity index (χ1) is 6.15. The molecule has 1 rings (SSSR count). The summed E-state index contributed by atoms with van der Waals surface area (Å²) in [5.74, 6) is 0. The van der Waals surface area contributed by atoms with Gasteiger partial charge in [-0.2, -0.15) is 0 Å². The van der Waals surface area contributed by atoms with Crippen LogP contribution in [-0.4, -0.2) is 13.7 Å². The summed E-state index contributed by atoms with van der Waals surface area (Å²) in [5.41, 5.74) is 8.65. The molecule has 0 aliphatic carbocycles. The van der Waals surface area contributed by atoms with Crippen molar-refractivity contribution in [2.45, 2.75) is 13.8 Å². The summed E-state index contributed by atoms with van der Waals surface area (Å²) in [7, 11) is 1.85. The molecule has 72 valence electrons. The Morgan fingerprint density at radius 2 is 2.15 bits per heavy atom. The number of anilines is 2. The van der Waals surface area contributed by atoms with Crippen molar-refractivity contribution < 1.29 is 4.84 Å². The summed E-state index contributed by atoms with van der Waals surface area (Å²) in [6.45, 7) is 4.60. The maximum Gasteiger partial charge on any atom is 0.0862 e. The van der Waals surface area contributed by atoms with Crippen molar-refractivity contribution in [2.75, 3.05) is 24.5 Å². The van der Waals surface area contributed by atoms with Crippen molar-refractivity contribution in [2.24, 2.45) is 0 Å². The molecule has 0 amide bonds. The van der Waals surface area contributed by atoms with Crippen LogP contribution in [0.2, 0.25) is 0 Å². The third-order valence-electron chi connectivity index (χ3n) is 1.85.